The van der Waals surface area contributed by atoms with Crippen LogP contribution in [-0.4, -0.2) is 33.1 Å². The van der Waals surface area contributed by atoms with Crippen LogP contribution < -0.4 is 4.90 Å². The van der Waals surface area contributed by atoms with Crippen molar-refractivity contribution in [3.8, 4) is 0 Å². The second-order valence-corrected chi connectivity index (χ2v) is 4.56. The van der Waals surface area contributed by atoms with Gasteiger partial charge in [0.25, 0.3) is 0 Å². The molecular formula is C14H19NO2. The van der Waals surface area contributed by atoms with Crippen molar-refractivity contribution in [1.82, 2.24) is 0 Å². The van der Waals surface area contributed by atoms with Crippen LogP contribution in [0.15, 0.2) is 24.3 Å². The van der Waals surface area contributed by atoms with Gasteiger partial charge in [-0.1, -0.05) is 12.1 Å². The van der Waals surface area contributed by atoms with Crippen molar-refractivity contribution in [1.29, 1.82) is 0 Å². The summed E-state index contributed by atoms with van der Waals surface area (Å²) in [6.07, 6.45) is 3.22. The topological polar surface area (TPSA) is 29.5 Å². The van der Waals surface area contributed by atoms with Gasteiger partial charge in [-0.05, 0) is 30.9 Å². The molecule has 17 heavy (non-hydrogen) atoms. The van der Waals surface area contributed by atoms with E-state index in [1.165, 1.54) is 0 Å². The van der Waals surface area contributed by atoms with Gasteiger partial charge in [0.15, 0.2) is 6.29 Å². The van der Waals surface area contributed by atoms with Crippen molar-refractivity contribution < 1.29 is 9.53 Å². The zero-order valence-corrected chi connectivity index (χ0v) is 10.3. The molecule has 1 fully saturated rings. The molecular weight excluding hydrogens is 214 g/mol. The molecule has 92 valence electrons. The number of piperidine rings is 1. The molecule has 1 saturated heterocycles. The smallest absolute Gasteiger partial charge is 0.152 e. The van der Waals surface area contributed by atoms with Gasteiger partial charge in [0.1, 0.15) is 0 Å². The van der Waals surface area contributed by atoms with Gasteiger partial charge in [0.2, 0.25) is 0 Å². The summed E-state index contributed by atoms with van der Waals surface area (Å²) in [6, 6.07) is 7.80. The second kappa shape index (κ2) is 5.82. The van der Waals surface area contributed by atoms with Crippen LogP contribution in [0, 0.1) is 5.92 Å². The first-order valence-electron chi connectivity index (χ1n) is 6.13. The van der Waals surface area contributed by atoms with Crippen LogP contribution in [0.1, 0.15) is 23.2 Å². The maximum Gasteiger partial charge on any atom is 0.152 e. The molecule has 0 radical (unpaired) electrons. The second-order valence-electron chi connectivity index (χ2n) is 4.56. The molecule has 3 nitrogen and oxygen atoms in total. The van der Waals surface area contributed by atoms with Crippen LogP contribution >= 0.6 is 0 Å². The molecule has 0 bridgehead atoms. The summed E-state index contributed by atoms with van der Waals surface area (Å²) in [7, 11) is 1.76. The number of carbonyl (C=O) groups excluding carboxylic acids is 1. The van der Waals surface area contributed by atoms with E-state index in [0.717, 1.165) is 50.1 Å². The number of para-hydroxylation sites is 1. The van der Waals surface area contributed by atoms with Crippen molar-refractivity contribution in [3.05, 3.63) is 29.8 Å². The highest BCUT2D eigenvalue weighted by atomic mass is 16.5. The number of aldehydes is 1. The Morgan fingerprint density at radius 3 is 2.71 bits per heavy atom. The predicted octanol–water partition coefficient (Wildman–Crippen LogP) is 2.36. The summed E-state index contributed by atoms with van der Waals surface area (Å²) in [5, 5.41) is 0. The lowest BCUT2D eigenvalue weighted by Gasteiger charge is -2.34. The van der Waals surface area contributed by atoms with Crippen molar-refractivity contribution in [2.75, 3.05) is 31.7 Å². The summed E-state index contributed by atoms with van der Waals surface area (Å²) in [6.45, 7) is 2.88. The number of benzene rings is 1. The minimum Gasteiger partial charge on any atom is -0.384 e. The zero-order valence-electron chi connectivity index (χ0n) is 10.3. The van der Waals surface area contributed by atoms with Crippen LogP contribution in [-0.2, 0) is 4.74 Å². The third-order valence-corrected chi connectivity index (χ3v) is 3.42. The van der Waals surface area contributed by atoms with E-state index in [2.05, 4.69) is 4.90 Å². The molecule has 1 aliphatic heterocycles. The first-order chi connectivity index (χ1) is 8.35. The van der Waals surface area contributed by atoms with Crippen molar-refractivity contribution in [2.45, 2.75) is 12.8 Å². The van der Waals surface area contributed by atoms with Gasteiger partial charge < -0.3 is 9.64 Å². The first-order valence-corrected chi connectivity index (χ1v) is 6.13. The number of rotatable bonds is 4. The number of ether oxygens (including phenoxy) is 1. The molecule has 0 aliphatic carbocycles. The molecule has 0 spiro atoms. The number of methoxy groups -OCH3 is 1. The number of nitrogens with zero attached hydrogens (tertiary/aromatic N) is 1. The highest BCUT2D eigenvalue weighted by Crippen LogP contribution is 2.25. The third-order valence-electron chi connectivity index (χ3n) is 3.42. The van der Waals surface area contributed by atoms with E-state index in [0.29, 0.717) is 5.92 Å². The molecule has 0 unspecified atom stereocenters. The summed E-state index contributed by atoms with van der Waals surface area (Å²) in [5.74, 6) is 0.666. The number of carbonyl (C=O) groups is 1. The highest BCUT2D eigenvalue weighted by Gasteiger charge is 2.20. The Hall–Kier alpha value is -1.35. The maximum atomic E-state index is 11.0. The fourth-order valence-electron chi connectivity index (χ4n) is 2.45. The number of anilines is 1. The van der Waals surface area contributed by atoms with E-state index in [4.69, 9.17) is 4.74 Å². The van der Waals surface area contributed by atoms with E-state index in [-0.39, 0.29) is 0 Å². The normalized spacial score (nSPS) is 17.1. The van der Waals surface area contributed by atoms with Crippen LogP contribution in [0.2, 0.25) is 0 Å². The fourth-order valence-corrected chi connectivity index (χ4v) is 2.45. The van der Waals surface area contributed by atoms with Crippen LogP contribution in [0.25, 0.3) is 0 Å². The monoisotopic (exact) mass is 233 g/mol. The molecule has 3 heteroatoms. The van der Waals surface area contributed by atoms with Crippen molar-refractivity contribution in [3.63, 3.8) is 0 Å². The molecule has 2 rings (SSSR count). The van der Waals surface area contributed by atoms with E-state index < -0.39 is 0 Å². The summed E-state index contributed by atoms with van der Waals surface area (Å²) < 4.78 is 5.19. The van der Waals surface area contributed by atoms with Gasteiger partial charge in [-0.25, -0.2) is 0 Å². The minimum atomic E-state index is 0.666. The highest BCUT2D eigenvalue weighted by molar-refractivity contribution is 5.84. The first kappa shape index (κ1) is 12.1. The van der Waals surface area contributed by atoms with Crippen LogP contribution in [0.4, 0.5) is 5.69 Å². The van der Waals surface area contributed by atoms with Crippen molar-refractivity contribution >= 4 is 12.0 Å². The van der Waals surface area contributed by atoms with Gasteiger partial charge in [0.05, 0.1) is 0 Å². The van der Waals surface area contributed by atoms with E-state index in [1.54, 1.807) is 7.11 Å². The predicted molar refractivity (Wildman–Crippen MR) is 68.6 cm³/mol. The molecule has 0 saturated carbocycles. The lowest BCUT2D eigenvalue weighted by molar-refractivity contribution is 0.112. The molecule has 0 aromatic heterocycles. The maximum absolute atomic E-state index is 11.0. The summed E-state index contributed by atoms with van der Waals surface area (Å²) in [5.41, 5.74) is 1.86. The van der Waals surface area contributed by atoms with Crippen LogP contribution in [0.3, 0.4) is 0 Å². The average molecular weight is 233 g/mol. The van der Waals surface area contributed by atoms with Crippen molar-refractivity contribution in [2.24, 2.45) is 5.92 Å². The summed E-state index contributed by atoms with van der Waals surface area (Å²) in [4.78, 5) is 13.3. The quantitative estimate of drug-likeness (QED) is 0.748. The minimum absolute atomic E-state index is 0.666. The van der Waals surface area contributed by atoms with Gasteiger partial charge >= 0.3 is 0 Å². The SMILES string of the molecule is COCC1CCN(c2ccccc2C=O)CC1. The van der Waals surface area contributed by atoms with Gasteiger partial charge in [-0.3, -0.25) is 4.79 Å². The largest absolute Gasteiger partial charge is 0.384 e. The third kappa shape index (κ3) is 2.86. The Morgan fingerprint density at radius 1 is 1.35 bits per heavy atom. The molecule has 1 aromatic carbocycles. The lowest BCUT2D eigenvalue weighted by Crippen LogP contribution is -2.35. The Morgan fingerprint density at radius 2 is 2.06 bits per heavy atom. The van der Waals surface area contributed by atoms with Gasteiger partial charge in [-0.15, -0.1) is 0 Å². The Kier molecular flexibility index (Phi) is 4.15. The number of hydrogen-bond donors (Lipinski definition) is 0. The van der Waals surface area contributed by atoms with E-state index in [1.807, 2.05) is 24.3 Å². The Balaban J connectivity index is 2.02. The van der Waals surface area contributed by atoms with E-state index >= 15 is 0 Å². The Bertz CT molecular complexity index is 370. The molecule has 0 amide bonds. The molecule has 1 heterocycles. The fraction of sp³-hybridized carbons (Fsp3) is 0.500. The molecule has 0 N–H and O–H groups in total. The Labute approximate surface area is 102 Å². The summed E-state index contributed by atoms with van der Waals surface area (Å²) >= 11 is 0. The molecule has 0 atom stereocenters. The van der Waals surface area contributed by atoms with E-state index in [9.17, 15) is 4.79 Å². The average Bonchev–Trinajstić information content (AvgIpc) is 2.40. The van der Waals surface area contributed by atoms with Crippen LogP contribution in [0.5, 0.6) is 0 Å². The lowest BCUT2D eigenvalue weighted by atomic mass is 9.97. The molecule has 1 aliphatic rings. The standard InChI is InChI=1S/C14H19NO2/c1-17-11-12-6-8-15(9-7-12)14-5-3-2-4-13(14)10-16/h2-5,10,12H,6-9,11H2,1H3. The van der Waals surface area contributed by atoms with Gasteiger partial charge in [-0.2, -0.15) is 0 Å². The molecule has 1 aromatic rings. The zero-order chi connectivity index (χ0) is 12.1. The van der Waals surface area contributed by atoms with Gasteiger partial charge in [0, 0.05) is 38.1 Å². The number of hydrogen-bond acceptors (Lipinski definition) is 3.